The molecule has 1 N–H and O–H groups in total. The summed E-state index contributed by atoms with van der Waals surface area (Å²) in [7, 11) is 0. The maximum atomic E-state index is 5.24. The summed E-state index contributed by atoms with van der Waals surface area (Å²) in [5.74, 6) is 0. The Bertz CT molecular complexity index is 2170. The third-order valence-electron chi connectivity index (χ3n) is 8.31. The molecule has 2 aromatic heterocycles. The van der Waals surface area contributed by atoms with E-state index in [1.807, 2.05) is 36.8 Å². The van der Waals surface area contributed by atoms with Gasteiger partial charge in [-0.25, -0.2) is 0 Å². The molecule has 0 fully saturated rings. The minimum Gasteiger partial charge on any atom is -0.360 e. The lowest BCUT2D eigenvalue weighted by molar-refractivity contribution is 0.665. The van der Waals surface area contributed by atoms with Crippen molar-refractivity contribution in [1.29, 1.82) is 0 Å². The van der Waals surface area contributed by atoms with Gasteiger partial charge in [0.25, 0.3) is 0 Å². The molecule has 0 radical (unpaired) electrons. The fourth-order valence-corrected chi connectivity index (χ4v) is 5.97. The van der Waals surface area contributed by atoms with Gasteiger partial charge in [-0.3, -0.25) is 15.0 Å². The van der Waals surface area contributed by atoms with Crippen LogP contribution in [0.5, 0.6) is 0 Å². The first-order chi connectivity index (χ1) is 21.8. The van der Waals surface area contributed by atoms with Crippen molar-refractivity contribution in [2.24, 2.45) is 4.99 Å². The summed E-state index contributed by atoms with van der Waals surface area (Å²) in [6, 6.07) is 45.0. The van der Waals surface area contributed by atoms with Gasteiger partial charge in [0.15, 0.2) is 0 Å². The van der Waals surface area contributed by atoms with Gasteiger partial charge < -0.3 is 5.32 Å². The highest BCUT2D eigenvalue weighted by Crippen LogP contribution is 2.32. The van der Waals surface area contributed by atoms with E-state index >= 15 is 0 Å². The quantitative estimate of drug-likeness (QED) is 0.212. The second kappa shape index (κ2) is 11.1. The van der Waals surface area contributed by atoms with Crippen molar-refractivity contribution in [1.82, 2.24) is 15.3 Å². The normalized spacial score (nSPS) is 14.6. The van der Waals surface area contributed by atoms with E-state index < -0.39 is 0 Å². The number of hydrogen-bond donors (Lipinski definition) is 1. The van der Waals surface area contributed by atoms with Gasteiger partial charge in [0, 0.05) is 30.5 Å². The molecule has 1 atom stereocenters. The molecular weight excluding hydrogens is 536 g/mol. The zero-order chi connectivity index (χ0) is 29.3. The van der Waals surface area contributed by atoms with E-state index in [1.54, 1.807) is 6.20 Å². The van der Waals surface area contributed by atoms with Crippen molar-refractivity contribution in [3.05, 3.63) is 175 Å². The highest BCUT2D eigenvalue weighted by molar-refractivity contribution is 6.13. The van der Waals surface area contributed by atoms with Crippen LogP contribution in [0.3, 0.4) is 0 Å². The summed E-state index contributed by atoms with van der Waals surface area (Å²) in [5.41, 5.74) is 9.82. The van der Waals surface area contributed by atoms with Crippen LogP contribution >= 0.6 is 0 Å². The van der Waals surface area contributed by atoms with E-state index in [1.165, 1.54) is 21.5 Å². The first-order valence-corrected chi connectivity index (χ1v) is 14.8. The van der Waals surface area contributed by atoms with Gasteiger partial charge in [-0.15, -0.1) is 0 Å². The number of pyridine rings is 2. The number of hydrogen-bond acceptors (Lipinski definition) is 4. The Labute approximate surface area is 256 Å². The maximum Gasteiger partial charge on any atom is 0.145 e. The molecule has 0 saturated heterocycles. The van der Waals surface area contributed by atoms with Gasteiger partial charge in [-0.1, -0.05) is 103 Å². The van der Waals surface area contributed by atoms with E-state index in [-0.39, 0.29) is 6.17 Å². The minimum absolute atomic E-state index is 0.237. The number of aliphatic imine (C=N–C) groups is 1. The highest BCUT2D eigenvalue weighted by Gasteiger charge is 2.20. The molecule has 1 aliphatic rings. The van der Waals surface area contributed by atoms with Gasteiger partial charge in [-0.05, 0) is 90.8 Å². The summed E-state index contributed by atoms with van der Waals surface area (Å²) in [4.78, 5) is 13.7. The first-order valence-electron chi connectivity index (χ1n) is 14.8. The average Bonchev–Trinajstić information content (AvgIpc) is 3.12. The number of benzene rings is 5. The van der Waals surface area contributed by atoms with Crippen molar-refractivity contribution >= 4 is 33.0 Å². The molecule has 0 amide bonds. The minimum atomic E-state index is -0.237. The van der Waals surface area contributed by atoms with Crippen LogP contribution in [0.25, 0.3) is 49.5 Å². The summed E-state index contributed by atoms with van der Waals surface area (Å²) in [5, 5.41) is 8.71. The topological polar surface area (TPSA) is 50.2 Å². The Hall–Kier alpha value is -5.87. The SMILES string of the molecule is C1=C(c2ccc(-c3ccncc3)cc2)NC(c2ccc3c(ccc4ccccc43)c2)N=C1c1ccc(-c2cccnc2)cc1. The molecule has 4 heteroatoms. The second-order valence-corrected chi connectivity index (χ2v) is 11.0. The molecular formula is C40H28N4. The van der Waals surface area contributed by atoms with Crippen molar-refractivity contribution in [2.75, 3.05) is 0 Å². The number of aromatic nitrogens is 2. The van der Waals surface area contributed by atoms with Crippen molar-refractivity contribution in [3.63, 3.8) is 0 Å². The van der Waals surface area contributed by atoms with Crippen LogP contribution in [0.2, 0.25) is 0 Å². The van der Waals surface area contributed by atoms with Gasteiger partial charge in [0.1, 0.15) is 6.17 Å². The van der Waals surface area contributed by atoms with E-state index in [4.69, 9.17) is 4.99 Å². The molecule has 7 aromatic rings. The molecule has 0 aliphatic carbocycles. The number of rotatable bonds is 5. The van der Waals surface area contributed by atoms with Crippen molar-refractivity contribution < 1.29 is 0 Å². The number of nitrogens with one attached hydrogen (secondary N) is 1. The van der Waals surface area contributed by atoms with Crippen molar-refractivity contribution in [2.45, 2.75) is 6.17 Å². The molecule has 208 valence electrons. The van der Waals surface area contributed by atoms with Crippen molar-refractivity contribution in [3.8, 4) is 22.3 Å². The van der Waals surface area contributed by atoms with Gasteiger partial charge in [-0.2, -0.15) is 0 Å². The van der Waals surface area contributed by atoms with E-state index in [2.05, 4.69) is 131 Å². The van der Waals surface area contributed by atoms with Crippen LogP contribution in [-0.2, 0) is 0 Å². The molecule has 0 bridgehead atoms. The lowest BCUT2D eigenvalue weighted by Gasteiger charge is -2.25. The van der Waals surface area contributed by atoms with Crippen LogP contribution in [0.1, 0.15) is 22.9 Å². The molecule has 44 heavy (non-hydrogen) atoms. The van der Waals surface area contributed by atoms with Crippen LogP contribution in [-0.4, -0.2) is 15.7 Å². The number of allylic oxidation sites excluding steroid dienone is 1. The number of fused-ring (bicyclic) bond motifs is 3. The number of nitrogens with zero attached hydrogens (tertiary/aromatic N) is 3. The summed E-state index contributed by atoms with van der Waals surface area (Å²) >= 11 is 0. The molecule has 1 aliphatic heterocycles. The predicted molar refractivity (Wildman–Crippen MR) is 181 cm³/mol. The lowest BCUT2D eigenvalue weighted by Crippen LogP contribution is -2.24. The van der Waals surface area contributed by atoms with Crippen LogP contribution in [0.15, 0.2) is 163 Å². The molecule has 0 saturated carbocycles. The van der Waals surface area contributed by atoms with Crippen LogP contribution in [0, 0.1) is 0 Å². The molecule has 4 nitrogen and oxygen atoms in total. The lowest BCUT2D eigenvalue weighted by atomic mass is 9.97. The smallest absolute Gasteiger partial charge is 0.145 e. The summed E-state index contributed by atoms with van der Waals surface area (Å²) < 4.78 is 0. The second-order valence-electron chi connectivity index (χ2n) is 11.0. The summed E-state index contributed by atoms with van der Waals surface area (Å²) in [6.45, 7) is 0. The third-order valence-corrected chi connectivity index (χ3v) is 8.31. The Balaban J connectivity index is 1.19. The molecule has 5 aromatic carbocycles. The molecule has 1 unspecified atom stereocenters. The van der Waals surface area contributed by atoms with E-state index in [0.717, 1.165) is 50.4 Å². The highest BCUT2D eigenvalue weighted by atomic mass is 15.1. The Morgan fingerprint density at radius 2 is 1.16 bits per heavy atom. The molecule has 8 rings (SSSR count). The van der Waals surface area contributed by atoms with Crippen LogP contribution in [0.4, 0.5) is 0 Å². The van der Waals surface area contributed by atoms with E-state index in [0.29, 0.717) is 0 Å². The van der Waals surface area contributed by atoms with Gasteiger partial charge >= 0.3 is 0 Å². The monoisotopic (exact) mass is 564 g/mol. The van der Waals surface area contributed by atoms with Gasteiger partial charge in [0.05, 0.1) is 5.71 Å². The Kier molecular flexibility index (Phi) is 6.50. The Morgan fingerprint density at radius 3 is 1.95 bits per heavy atom. The fourth-order valence-electron chi connectivity index (χ4n) is 5.97. The maximum absolute atomic E-state index is 5.24. The fraction of sp³-hybridized carbons (Fsp3) is 0.0250. The zero-order valence-corrected chi connectivity index (χ0v) is 23.9. The summed E-state index contributed by atoms with van der Waals surface area (Å²) in [6.07, 6.45) is 9.27. The standard InChI is InChI=1S/C40H28N4/c1-2-6-36-30(4-1)11-16-33-24-34(17-18-37(33)36)40-43-38(31-12-7-27(8-13-31)29-19-22-41-23-20-29)25-39(44-40)32-14-9-28(10-15-32)35-5-3-21-42-26-35/h1-26,40,43H. The van der Waals surface area contributed by atoms with Gasteiger partial charge in [0.2, 0.25) is 0 Å². The van der Waals surface area contributed by atoms with E-state index in [9.17, 15) is 0 Å². The third kappa shape index (κ3) is 4.93. The Morgan fingerprint density at radius 1 is 0.477 bits per heavy atom. The predicted octanol–water partition coefficient (Wildman–Crippen LogP) is 9.25. The first kappa shape index (κ1) is 25.8. The van der Waals surface area contributed by atoms with Crippen LogP contribution < -0.4 is 5.32 Å². The average molecular weight is 565 g/mol. The molecule has 0 spiro atoms. The zero-order valence-electron chi connectivity index (χ0n) is 23.9. The largest absolute Gasteiger partial charge is 0.360 e. The molecule has 3 heterocycles.